The Hall–Kier alpha value is -1.43. The minimum Gasteiger partial charge on any atom is -0.337 e. The van der Waals surface area contributed by atoms with Crippen LogP contribution in [0.15, 0.2) is 6.33 Å². The number of hydrogen-bond donors (Lipinski definition) is 1. The Morgan fingerprint density at radius 1 is 1.75 bits per heavy atom. The van der Waals surface area contributed by atoms with Gasteiger partial charge in [-0.25, -0.2) is 4.98 Å². The van der Waals surface area contributed by atoms with Crippen LogP contribution in [-0.4, -0.2) is 64.1 Å². The van der Waals surface area contributed by atoms with E-state index in [1.165, 1.54) is 12.7 Å². The highest BCUT2D eigenvalue weighted by molar-refractivity contribution is 5.90. The largest absolute Gasteiger partial charge is 0.337 e. The molecule has 2 rings (SSSR count). The molecule has 6 nitrogen and oxygen atoms in total. The van der Waals surface area contributed by atoms with E-state index in [9.17, 15) is 4.79 Å². The molecule has 1 aromatic rings. The molecule has 0 bridgehead atoms. The maximum atomic E-state index is 11.9. The minimum atomic E-state index is -0.0993. The number of H-pyrrole nitrogens is 1. The van der Waals surface area contributed by atoms with Crippen LogP contribution in [0.2, 0.25) is 0 Å². The third-order valence-electron chi connectivity index (χ3n) is 3.12. The van der Waals surface area contributed by atoms with Gasteiger partial charge >= 0.3 is 0 Å². The molecule has 88 valence electrons. The van der Waals surface area contributed by atoms with Gasteiger partial charge in [-0.1, -0.05) is 0 Å². The van der Waals surface area contributed by atoms with Crippen molar-refractivity contribution in [3.8, 4) is 0 Å². The van der Waals surface area contributed by atoms with Gasteiger partial charge in [-0.3, -0.25) is 9.89 Å². The van der Waals surface area contributed by atoms with Crippen LogP contribution in [0.25, 0.3) is 0 Å². The molecule has 0 aromatic carbocycles. The van der Waals surface area contributed by atoms with Gasteiger partial charge in [-0.05, 0) is 26.4 Å². The third kappa shape index (κ3) is 2.21. The van der Waals surface area contributed by atoms with E-state index >= 15 is 0 Å². The van der Waals surface area contributed by atoms with Gasteiger partial charge in [0, 0.05) is 19.6 Å². The normalized spacial score (nSPS) is 21.2. The predicted molar refractivity (Wildman–Crippen MR) is 59.0 cm³/mol. The summed E-state index contributed by atoms with van der Waals surface area (Å²) in [6, 6.07) is 0.469. The molecule has 1 aliphatic rings. The van der Waals surface area contributed by atoms with Crippen molar-refractivity contribution >= 4 is 5.91 Å². The van der Waals surface area contributed by atoms with Crippen molar-refractivity contribution < 1.29 is 4.79 Å². The summed E-state index contributed by atoms with van der Waals surface area (Å²) in [7, 11) is 3.90. The van der Waals surface area contributed by atoms with E-state index in [2.05, 4.69) is 27.1 Å². The van der Waals surface area contributed by atoms with Crippen LogP contribution in [-0.2, 0) is 0 Å². The zero-order valence-corrected chi connectivity index (χ0v) is 9.68. The second-order valence-corrected chi connectivity index (χ2v) is 4.30. The lowest BCUT2D eigenvalue weighted by Crippen LogP contribution is -2.39. The fraction of sp³-hybridized carbons (Fsp3) is 0.700. The number of aromatic nitrogens is 3. The number of nitrogens with one attached hydrogen (secondary N) is 1. The summed E-state index contributed by atoms with van der Waals surface area (Å²) < 4.78 is 0. The van der Waals surface area contributed by atoms with Crippen LogP contribution in [0, 0.1) is 0 Å². The molecule has 16 heavy (non-hydrogen) atoms. The van der Waals surface area contributed by atoms with E-state index in [-0.39, 0.29) is 5.91 Å². The van der Waals surface area contributed by atoms with Crippen LogP contribution in [0.3, 0.4) is 0 Å². The number of rotatable bonds is 3. The number of carbonyl (C=O) groups excluding carboxylic acids is 1. The Kier molecular flexibility index (Phi) is 3.19. The standard InChI is InChI=1S/C10H17N5O/c1-14-5-3-4-8(14)6-15(2)10(16)9-11-7-12-13-9/h7-8H,3-6H2,1-2H3,(H,11,12,13). The van der Waals surface area contributed by atoms with E-state index < -0.39 is 0 Å². The highest BCUT2D eigenvalue weighted by Gasteiger charge is 2.24. The van der Waals surface area contributed by atoms with Crippen LogP contribution < -0.4 is 0 Å². The number of hydrogen-bond acceptors (Lipinski definition) is 4. The molecule has 1 N–H and O–H groups in total. The van der Waals surface area contributed by atoms with Gasteiger partial charge in [-0.15, -0.1) is 0 Å². The van der Waals surface area contributed by atoms with Crippen LogP contribution in [0.4, 0.5) is 0 Å². The number of carbonyl (C=O) groups is 1. The fourth-order valence-electron chi connectivity index (χ4n) is 2.10. The highest BCUT2D eigenvalue weighted by Crippen LogP contribution is 2.15. The fourth-order valence-corrected chi connectivity index (χ4v) is 2.10. The first-order valence-corrected chi connectivity index (χ1v) is 5.49. The first kappa shape index (κ1) is 11.1. The Bertz CT molecular complexity index is 350. The van der Waals surface area contributed by atoms with Gasteiger partial charge < -0.3 is 9.80 Å². The van der Waals surface area contributed by atoms with Gasteiger partial charge in [0.1, 0.15) is 6.33 Å². The molecule has 1 aliphatic heterocycles. The van der Waals surface area contributed by atoms with Gasteiger partial charge in [0.15, 0.2) is 0 Å². The van der Waals surface area contributed by atoms with Crippen molar-refractivity contribution in [2.45, 2.75) is 18.9 Å². The van der Waals surface area contributed by atoms with E-state index in [0.717, 1.165) is 19.5 Å². The molecule has 0 saturated carbocycles. The molecule has 1 atom stereocenters. The average molecular weight is 223 g/mol. The lowest BCUT2D eigenvalue weighted by molar-refractivity contribution is 0.0750. The Morgan fingerprint density at radius 2 is 2.56 bits per heavy atom. The van der Waals surface area contributed by atoms with Crippen molar-refractivity contribution in [1.29, 1.82) is 0 Å². The molecule has 1 aromatic heterocycles. The third-order valence-corrected chi connectivity index (χ3v) is 3.12. The van der Waals surface area contributed by atoms with Gasteiger partial charge in [0.05, 0.1) is 0 Å². The SMILES string of the molecule is CN(CC1CCCN1C)C(=O)c1ncn[nH]1. The number of likely N-dealkylation sites (tertiary alicyclic amines) is 1. The van der Waals surface area contributed by atoms with Crippen molar-refractivity contribution in [2.75, 3.05) is 27.2 Å². The molecule has 0 aliphatic carbocycles. The number of aromatic amines is 1. The molecule has 0 radical (unpaired) electrons. The van der Waals surface area contributed by atoms with E-state index in [0.29, 0.717) is 11.9 Å². The molecule has 1 fully saturated rings. The Morgan fingerprint density at radius 3 is 3.12 bits per heavy atom. The summed E-state index contributed by atoms with van der Waals surface area (Å²) in [5.41, 5.74) is 0. The van der Waals surface area contributed by atoms with Crippen LogP contribution in [0.1, 0.15) is 23.5 Å². The monoisotopic (exact) mass is 223 g/mol. The van der Waals surface area contributed by atoms with Crippen molar-refractivity contribution in [3.63, 3.8) is 0 Å². The number of amides is 1. The summed E-state index contributed by atoms with van der Waals surface area (Å²) in [6.45, 7) is 1.87. The lowest BCUT2D eigenvalue weighted by Gasteiger charge is -2.25. The molecule has 1 unspecified atom stereocenters. The molecule has 6 heteroatoms. The lowest BCUT2D eigenvalue weighted by atomic mass is 10.2. The van der Waals surface area contributed by atoms with E-state index in [1.807, 2.05) is 0 Å². The number of likely N-dealkylation sites (N-methyl/N-ethyl adjacent to an activating group) is 2. The zero-order chi connectivity index (χ0) is 11.5. The highest BCUT2D eigenvalue weighted by atomic mass is 16.2. The Labute approximate surface area is 94.6 Å². The predicted octanol–water partition coefficient (Wildman–Crippen LogP) is -0.0291. The van der Waals surface area contributed by atoms with Gasteiger partial charge in [-0.2, -0.15) is 5.10 Å². The molecule has 0 spiro atoms. The zero-order valence-electron chi connectivity index (χ0n) is 9.68. The summed E-state index contributed by atoms with van der Waals surface area (Å²) in [6.07, 6.45) is 3.72. The smallest absolute Gasteiger partial charge is 0.290 e. The molecular weight excluding hydrogens is 206 g/mol. The first-order valence-electron chi connectivity index (χ1n) is 5.49. The van der Waals surface area contributed by atoms with Crippen molar-refractivity contribution in [3.05, 3.63) is 12.2 Å². The second kappa shape index (κ2) is 4.61. The quantitative estimate of drug-likeness (QED) is 0.781. The second-order valence-electron chi connectivity index (χ2n) is 4.30. The summed E-state index contributed by atoms with van der Waals surface area (Å²) in [5, 5.41) is 6.27. The maximum Gasteiger partial charge on any atom is 0.290 e. The molecule has 1 amide bonds. The maximum absolute atomic E-state index is 11.9. The molecule has 1 saturated heterocycles. The minimum absolute atomic E-state index is 0.0993. The van der Waals surface area contributed by atoms with E-state index in [4.69, 9.17) is 0 Å². The first-order chi connectivity index (χ1) is 7.68. The van der Waals surface area contributed by atoms with Gasteiger partial charge in [0.2, 0.25) is 5.82 Å². The van der Waals surface area contributed by atoms with Crippen LogP contribution in [0.5, 0.6) is 0 Å². The summed E-state index contributed by atoms with van der Waals surface area (Å²) in [5.74, 6) is 0.209. The topological polar surface area (TPSA) is 65.1 Å². The van der Waals surface area contributed by atoms with Crippen molar-refractivity contribution in [2.24, 2.45) is 0 Å². The van der Waals surface area contributed by atoms with Crippen LogP contribution >= 0.6 is 0 Å². The molecular formula is C10H17N5O. The summed E-state index contributed by atoms with van der Waals surface area (Å²) in [4.78, 5) is 19.7. The van der Waals surface area contributed by atoms with Crippen molar-refractivity contribution in [1.82, 2.24) is 25.0 Å². The average Bonchev–Trinajstić information content (AvgIpc) is 2.89. The van der Waals surface area contributed by atoms with E-state index in [1.54, 1.807) is 11.9 Å². The molecule has 2 heterocycles. The van der Waals surface area contributed by atoms with Gasteiger partial charge in [0.25, 0.3) is 5.91 Å². The summed E-state index contributed by atoms with van der Waals surface area (Å²) >= 11 is 0. The Balaban J connectivity index is 1.93. The number of nitrogens with zero attached hydrogens (tertiary/aromatic N) is 4.